The molecule has 0 bridgehead atoms. The van der Waals surface area contributed by atoms with Crippen molar-refractivity contribution in [3.05, 3.63) is 36.0 Å². The van der Waals surface area contributed by atoms with E-state index in [-0.39, 0.29) is 37.4 Å². The maximum Gasteiger partial charge on any atom is 0.331 e. The Labute approximate surface area is 212 Å². The molecule has 2 amide bonds. The molecule has 0 unspecified atom stereocenters. The van der Waals surface area contributed by atoms with Gasteiger partial charge in [0.15, 0.2) is 0 Å². The number of rotatable bonds is 7. The molecule has 0 aromatic carbocycles. The van der Waals surface area contributed by atoms with Gasteiger partial charge in [0.2, 0.25) is 11.8 Å². The zero-order valence-electron chi connectivity index (χ0n) is 21.4. The minimum absolute atomic E-state index is 0.112. The standard InChI is InChI=1S/C27H38FNO7/c1-16-11-17(2)27(36-25(34)10-8-6-5-7-9-22(35-4)26(16)28)18(3)21(31)15-20(30)12-19-13-23(32)29-24(33)14-19/h7-11,16,18-20,22,26-27,30H,5-6,12-15H2,1-4H3,(H,29,32,33)/b9-7+,10-8+,17-11-/t16-,18-,20-,22+,26-,27+/m1/s1. The summed E-state index contributed by atoms with van der Waals surface area (Å²) in [5.74, 6) is -3.46. The van der Waals surface area contributed by atoms with Crippen LogP contribution in [-0.4, -0.2) is 60.3 Å². The third kappa shape index (κ3) is 9.09. The highest BCUT2D eigenvalue weighted by atomic mass is 19.1. The van der Waals surface area contributed by atoms with Gasteiger partial charge in [0.25, 0.3) is 0 Å². The predicted molar refractivity (Wildman–Crippen MR) is 131 cm³/mol. The van der Waals surface area contributed by atoms with Gasteiger partial charge in [0.05, 0.1) is 12.0 Å². The molecule has 2 aliphatic heterocycles. The summed E-state index contributed by atoms with van der Waals surface area (Å²) < 4.78 is 26.0. The van der Waals surface area contributed by atoms with Crippen molar-refractivity contribution < 1.29 is 38.1 Å². The van der Waals surface area contributed by atoms with Crippen molar-refractivity contribution in [2.75, 3.05) is 7.11 Å². The number of hydrogen-bond donors (Lipinski definition) is 2. The smallest absolute Gasteiger partial charge is 0.331 e. The fraction of sp³-hybridized carbons (Fsp3) is 0.630. The molecule has 0 saturated carbocycles. The molecule has 2 N–H and O–H groups in total. The summed E-state index contributed by atoms with van der Waals surface area (Å²) in [5, 5.41) is 12.7. The summed E-state index contributed by atoms with van der Waals surface area (Å²) in [5.41, 5.74) is 0.521. The highest BCUT2D eigenvalue weighted by Crippen LogP contribution is 2.26. The molecule has 2 aliphatic rings. The number of allylic oxidation sites excluding steroid dienone is 3. The molecule has 1 saturated heterocycles. The van der Waals surface area contributed by atoms with E-state index in [1.54, 1.807) is 39.0 Å². The topological polar surface area (TPSA) is 119 Å². The Balaban J connectivity index is 2.17. The van der Waals surface area contributed by atoms with Gasteiger partial charge in [0, 0.05) is 38.4 Å². The second-order valence-electron chi connectivity index (χ2n) is 9.77. The zero-order chi connectivity index (χ0) is 26.8. The summed E-state index contributed by atoms with van der Waals surface area (Å²) in [4.78, 5) is 48.7. The fourth-order valence-corrected chi connectivity index (χ4v) is 4.65. The second kappa shape index (κ2) is 14.2. The number of imide groups is 1. The summed E-state index contributed by atoms with van der Waals surface area (Å²) in [6, 6.07) is 0. The summed E-state index contributed by atoms with van der Waals surface area (Å²) in [6.07, 6.45) is 5.31. The van der Waals surface area contributed by atoms with Crippen molar-refractivity contribution in [3.63, 3.8) is 0 Å². The predicted octanol–water partition coefficient (Wildman–Crippen LogP) is 3.14. The Morgan fingerprint density at radius 1 is 1.22 bits per heavy atom. The number of halogens is 1. The Morgan fingerprint density at radius 2 is 1.86 bits per heavy atom. The van der Waals surface area contributed by atoms with E-state index in [1.807, 2.05) is 6.08 Å². The van der Waals surface area contributed by atoms with Crippen molar-refractivity contribution in [2.45, 2.75) is 83.8 Å². The number of methoxy groups -OCH3 is 1. The van der Waals surface area contributed by atoms with Gasteiger partial charge in [-0.2, -0.15) is 0 Å². The molecule has 200 valence electrons. The number of cyclic esters (lactones) is 1. The molecule has 0 spiro atoms. The molecule has 0 aliphatic carbocycles. The van der Waals surface area contributed by atoms with Gasteiger partial charge < -0.3 is 14.6 Å². The SMILES string of the molecule is CO[C@H]1/C=C/CC/C=C/C(=O)O[C@H]([C@H](C)C(=O)C[C@H](O)CC2CC(=O)NC(=O)C2)/C(C)=C\[C@@H](C)[C@H]1F. The summed E-state index contributed by atoms with van der Waals surface area (Å²) in [7, 11) is 1.44. The highest BCUT2D eigenvalue weighted by Gasteiger charge is 2.33. The number of nitrogens with one attached hydrogen (secondary N) is 1. The van der Waals surface area contributed by atoms with E-state index in [2.05, 4.69) is 5.32 Å². The van der Waals surface area contributed by atoms with Crippen molar-refractivity contribution in [1.29, 1.82) is 0 Å². The average Bonchev–Trinajstić information content (AvgIpc) is 2.79. The third-order valence-electron chi connectivity index (χ3n) is 6.62. The van der Waals surface area contributed by atoms with Crippen LogP contribution in [0, 0.1) is 17.8 Å². The number of piperidine rings is 1. The van der Waals surface area contributed by atoms with Crippen LogP contribution >= 0.6 is 0 Å². The van der Waals surface area contributed by atoms with E-state index in [4.69, 9.17) is 9.47 Å². The maximum absolute atomic E-state index is 15.1. The van der Waals surface area contributed by atoms with Gasteiger partial charge >= 0.3 is 5.97 Å². The molecule has 8 nitrogen and oxygen atoms in total. The first-order valence-corrected chi connectivity index (χ1v) is 12.4. The number of amides is 2. The van der Waals surface area contributed by atoms with Crippen molar-refractivity contribution >= 4 is 23.6 Å². The van der Waals surface area contributed by atoms with Crippen LogP contribution in [0.1, 0.15) is 59.3 Å². The molecule has 0 aromatic heterocycles. The number of carbonyl (C=O) groups excluding carboxylic acids is 4. The van der Waals surface area contributed by atoms with E-state index >= 15 is 4.39 Å². The Kier molecular flexibility index (Phi) is 11.7. The van der Waals surface area contributed by atoms with E-state index < -0.39 is 54.1 Å². The molecule has 0 radical (unpaired) electrons. The number of hydrogen-bond acceptors (Lipinski definition) is 7. The van der Waals surface area contributed by atoms with Crippen LogP contribution < -0.4 is 5.32 Å². The number of Topliss-reactive ketones (excluding diaryl/α,β-unsaturated/α-hetero) is 1. The molecule has 9 heteroatoms. The second-order valence-corrected chi connectivity index (χ2v) is 9.77. The quantitative estimate of drug-likeness (QED) is 0.309. The number of esters is 1. The van der Waals surface area contributed by atoms with Crippen molar-refractivity contribution in [2.24, 2.45) is 17.8 Å². The van der Waals surface area contributed by atoms with E-state index in [0.717, 1.165) is 0 Å². The lowest BCUT2D eigenvalue weighted by Crippen LogP contribution is -2.40. The molecule has 1 fully saturated rings. The number of carbonyl (C=O) groups is 4. The van der Waals surface area contributed by atoms with Gasteiger partial charge in [-0.1, -0.05) is 38.2 Å². The van der Waals surface area contributed by atoms with Gasteiger partial charge in [-0.3, -0.25) is 19.7 Å². The Morgan fingerprint density at radius 3 is 2.50 bits per heavy atom. The largest absolute Gasteiger partial charge is 0.454 e. The van der Waals surface area contributed by atoms with Gasteiger partial charge in [-0.25, -0.2) is 9.18 Å². The highest BCUT2D eigenvalue weighted by molar-refractivity contribution is 5.97. The molecule has 2 heterocycles. The van der Waals surface area contributed by atoms with Crippen LogP contribution in [0.5, 0.6) is 0 Å². The summed E-state index contributed by atoms with van der Waals surface area (Å²) >= 11 is 0. The van der Waals surface area contributed by atoms with Gasteiger partial charge in [-0.05, 0) is 37.7 Å². The Bertz CT molecular complexity index is 881. The molecular weight excluding hydrogens is 469 g/mol. The minimum atomic E-state index is -1.35. The number of alkyl halides is 1. The molecular formula is C27H38FNO7. The summed E-state index contributed by atoms with van der Waals surface area (Å²) in [6.45, 7) is 4.98. The number of ether oxygens (including phenoxy) is 2. The minimum Gasteiger partial charge on any atom is -0.454 e. The van der Waals surface area contributed by atoms with E-state index in [1.165, 1.54) is 13.2 Å². The van der Waals surface area contributed by atoms with E-state index in [0.29, 0.717) is 18.4 Å². The van der Waals surface area contributed by atoms with Crippen molar-refractivity contribution in [1.82, 2.24) is 5.32 Å². The monoisotopic (exact) mass is 507 g/mol. The van der Waals surface area contributed by atoms with E-state index in [9.17, 15) is 24.3 Å². The van der Waals surface area contributed by atoms with Crippen LogP contribution in [0.4, 0.5) is 4.39 Å². The fourth-order valence-electron chi connectivity index (χ4n) is 4.65. The molecule has 36 heavy (non-hydrogen) atoms. The van der Waals surface area contributed by atoms with Crippen LogP contribution in [-0.2, 0) is 28.7 Å². The third-order valence-corrected chi connectivity index (χ3v) is 6.62. The molecule has 6 atom stereocenters. The van der Waals surface area contributed by atoms with Crippen molar-refractivity contribution in [3.8, 4) is 0 Å². The van der Waals surface area contributed by atoms with Gasteiger partial charge in [-0.15, -0.1) is 0 Å². The lowest BCUT2D eigenvalue weighted by molar-refractivity contribution is -0.145. The first-order chi connectivity index (χ1) is 17.0. The number of aliphatic hydroxyl groups is 1. The normalized spacial score (nSPS) is 31.7. The van der Waals surface area contributed by atoms with Crippen LogP contribution in [0.2, 0.25) is 0 Å². The molecule has 0 aromatic rings. The lowest BCUT2D eigenvalue weighted by atomic mass is 9.85. The average molecular weight is 508 g/mol. The molecule has 2 rings (SSSR count). The number of aliphatic hydroxyl groups excluding tert-OH is 1. The van der Waals surface area contributed by atoms with Gasteiger partial charge in [0.1, 0.15) is 24.2 Å². The first-order valence-electron chi connectivity index (χ1n) is 12.4. The maximum atomic E-state index is 15.1. The van der Waals surface area contributed by atoms with Crippen LogP contribution in [0.15, 0.2) is 36.0 Å². The zero-order valence-corrected chi connectivity index (χ0v) is 21.4. The van der Waals surface area contributed by atoms with Crippen LogP contribution in [0.25, 0.3) is 0 Å². The first kappa shape index (κ1) is 29.6. The Hall–Kier alpha value is -2.65. The number of ketones is 1. The lowest BCUT2D eigenvalue weighted by Gasteiger charge is -2.27. The van der Waals surface area contributed by atoms with Crippen LogP contribution in [0.3, 0.4) is 0 Å².